The van der Waals surface area contributed by atoms with Gasteiger partial charge in [-0.25, -0.2) is 0 Å². The first-order valence-corrected chi connectivity index (χ1v) is 5.62. The summed E-state index contributed by atoms with van der Waals surface area (Å²) in [5.41, 5.74) is 0.487. The summed E-state index contributed by atoms with van der Waals surface area (Å²) < 4.78 is 5.66. The molecular formula is C11H16N2O2S. The molecule has 0 aromatic carbocycles. The van der Waals surface area contributed by atoms with Crippen molar-refractivity contribution in [1.82, 2.24) is 10.3 Å². The maximum Gasteiger partial charge on any atom is 0.254 e. The largest absolute Gasteiger partial charge is 0.380 e. The number of hydrogen-bond donors (Lipinski definition) is 2. The second-order valence-electron chi connectivity index (χ2n) is 3.45. The van der Waals surface area contributed by atoms with Crippen LogP contribution in [0.2, 0.25) is 0 Å². The van der Waals surface area contributed by atoms with Crippen LogP contribution in [0.25, 0.3) is 0 Å². The molecule has 4 nitrogen and oxygen atoms in total. The monoisotopic (exact) mass is 240 g/mol. The SMILES string of the molecule is CCOCC(C)NC(=O)c1ccc[nH]c1=S. The van der Waals surface area contributed by atoms with Crippen LogP contribution < -0.4 is 5.32 Å². The first kappa shape index (κ1) is 12.9. The van der Waals surface area contributed by atoms with E-state index in [2.05, 4.69) is 10.3 Å². The van der Waals surface area contributed by atoms with Crippen LogP contribution in [0.1, 0.15) is 24.2 Å². The lowest BCUT2D eigenvalue weighted by Crippen LogP contribution is -2.36. The maximum atomic E-state index is 11.8. The molecule has 16 heavy (non-hydrogen) atoms. The number of ether oxygens (including phenoxy) is 1. The number of H-pyrrole nitrogens is 1. The van der Waals surface area contributed by atoms with Gasteiger partial charge in [0.15, 0.2) is 0 Å². The van der Waals surface area contributed by atoms with Gasteiger partial charge in [-0.05, 0) is 26.0 Å². The molecule has 0 saturated heterocycles. The number of rotatable bonds is 5. The summed E-state index contributed by atoms with van der Waals surface area (Å²) in [6.45, 7) is 4.96. The van der Waals surface area contributed by atoms with Crippen LogP contribution in [0.5, 0.6) is 0 Å². The molecule has 88 valence electrons. The lowest BCUT2D eigenvalue weighted by atomic mass is 10.2. The molecule has 1 amide bonds. The number of aromatic amines is 1. The van der Waals surface area contributed by atoms with E-state index in [0.717, 1.165) is 0 Å². The number of carbonyl (C=O) groups is 1. The predicted molar refractivity (Wildman–Crippen MR) is 65.0 cm³/mol. The molecule has 0 spiro atoms. The third kappa shape index (κ3) is 3.75. The highest BCUT2D eigenvalue weighted by molar-refractivity contribution is 7.71. The molecule has 1 atom stereocenters. The van der Waals surface area contributed by atoms with Gasteiger partial charge in [0.05, 0.1) is 12.2 Å². The van der Waals surface area contributed by atoms with Gasteiger partial charge < -0.3 is 15.0 Å². The van der Waals surface area contributed by atoms with Crippen LogP contribution in [0.15, 0.2) is 18.3 Å². The van der Waals surface area contributed by atoms with Crippen LogP contribution in [0, 0.1) is 4.64 Å². The molecule has 1 heterocycles. The number of amides is 1. The van der Waals surface area contributed by atoms with E-state index in [-0.39, 0.29) is 11.9 Å². The van der Waals surface area contributed by atoms with Gasteiger partial charge in [0.25, 0.3) is 5.91 Å². The second kappa shape index (κ2) is 6.40. The summed E-state index contributed by atoms with van der Waals surface area (Å²) in [5.74, 6) is -0.172. The van der Waals surface area contributed by atoms with E-state index in [9.17, 15) is 4.79 Å². The van der Waals surface area contributed by atoms with E-state index < -0.39 is 0 Å². The first-order valence-electron chi connectivity index (χ1n) is 5.21. The Hall–Kier alpha value is -1.20. The molecule has 1 rings (SSSR count). The predicted octanol–water partition coefficient (Wildman–Crippen LogP) is 1.90. The zero-order valence-corrected chi connectivity index (χ0v) is 10.3. The average molecular weight is 240 g/mol. The normalized spacial score (nSPS) is 12.1. The summed E-state index contributed by atoms with van der Waals surface area (Å²) in [6.07, 6.45) is 1.70. The van der Waals surface area contributed by atoms with Crippen molar-refractivity contribution in [1.29, 1.82) is 0 Å². The molecule has 0 aliphatic carbocycles. The van der Waals surface area contributed by atoms with Crippen molar-refractivity contribution in [3.8, 4) is 0 Å². The van der Waals surface area contributed by atoms with E-state index >= 15 is 0 Å². The van der Waals surface area contributed by atoms with Crippen molar-refractivity contribution in [2.24, 2.45) is 0 Å². The fourth-order valence-electron chi connectivity index (χ4n) is 1.24. The Morgan fingerprint density at radius 2 is 2.44 bits per heavy atom. The average Bonchev–Trinajstić information content (AvgIpc) is 2.26. The smallest absolute Gasteiger partial charge is 0.254 e. The molecule has 1 aromatic heterocycles. The summed E-state index contributed by atoms with van der Waals surface area (Å²) in [5, 5.41) is 2.82. The van der Waals surface area contributed by atoms with Gasteiger partial charge in [-0.15, -0.1) is 0 Å². The molecule has 0 aliphatic rings. The minimum Gasteiger partial charge on any atom is -0.380 e. The first-order chi connectivity index (χ1) is 7.65. The Kier molecular flexibility index (Phi) is 5.14. The fraction of sp³-hybridized carbons (Fsp3) is 0.455. The quantitative estimate of drug-likeness (QED) is 0.773. The highest BCUT2D eigenvalue weighted by Gasteiger charge is 2.10. The van der Waals surface area contributed by atoms with Crippen molar-refractivity contribution >= 4 is 18.1 Å². The van der Waals surface area contributed by atoms with Crippen molar-refractivity contribution in [2.45, 2.75) is 19.9 Å². The Balaban J connectivity index is 2.59. The van der Waals surface area contributed by atoms with E-state index in [1.807, 2.05) is 13.8 Å². The standard InChI is InChI=1S/C11H16N2O2S/c1-3-15-7-8(2)13-10(14)9-5-4-6-12-11(9)16/h4-6,8H,3,7H2,1-2H3,(H,12,16)(H,13,14). The van der Waals surface area contributed by atoms with Gasteiger partial charge in [0.2, 0.25) is 0 Å². The molecule has 1 unspecified atom stereocenters. The molecule has 2 N–H and O–H groups in total. The Morgan fingerprint density at radius 3 is 3.06 bits per heavy atom. The van der Waals surface area contributed by atoms with Crippen molar-refractivity contribution in [3.05, 3.63) is 28.5 Å². The molecular weight excluding hydrogens is 224 g/mol. The maximum absolute atomic E-state index is 11.8. The van der Waals surface area contributed by atoms with Gasteiger partial charge in [0.1, 0.15) is 4.64 Å². The van der Waals surface area contributed by atoms with E-state index in [1.165, 1.54) is 0 Å². The van der Waals surface area contributed by atoms with E-state index in [0.29, 0.717) is 23.4 Å². The molecule has 0 fully saturated rings. The third-order valence-corrected chi connectivity index (χ3v) is 2.35. The van der Waals surface area contributed by atoms with Gasteiger partial charge in [0, 0.05) is 18.8 Å². The summed E-state index contributed by atoms with van der Waals surface area (Å²) >= 11 is 5.02. The number of carbonyl (C=O) groups excluding carboxylic acids is 1. The molecule has 0 bridgehead atoms. The van der Waals surface area contributed by atoms with Gasteiger partial charge in [-0.2, -0.15) is 0 Å². The van der Waals surface area contributed by atoms with Crippen molar-refractivity contribution in [3.63, 3.8) is 0 Å². The summed E-state index contributed by atoms with van der Waals surface area (Å²) in [4.78, 5) is 14.6. The van der Waals surface area contributed by atoms with Crippen LogP contribution in [-0.4, -0.2) is 30.1 Å². The summed E-state index contributed by atoms with van der Waals surface area (Å²) in [6, 6.07) is 3.42. The van der Waals surface area contributed by atoms with Crippen molar-refractivity contribution < 1.29 is 9.53 Å². The zero-order chi connectivity index (χ0) is 12.0. The van der Waals surface area contributed by atoms with Crippen molar-refractivity contribution in [2.75, 3.05) is 13.2 Å². The topological polar surface area (TPSA) is 54.1 Å². The molecule has 0 saturated carbocycles. The Bertz CT molecular complexity index is 403. The van der Waals surface area contributed by atoms with Gasteiger partial charge in [-0.3, -0.25) is 4.79 Å². The van der Waals surface area contributed by atoms with E-state index in [4.69, 9.17) is 17.0 Å². The molecule has 5 heteroatoms. The summed E-state index contributed by atoms with van der Waals surface area (Å²) in [7, 11) is 0. The van der Waals surface area contributed by atoms with Gasteiger partial charge >= 0.3 is 0 Å². The lowest BCUT2D eigenvalue weighted by molar-refractivity contribution is 0.0871. The number of nitrogens with one attached hydrogen (secondary N) is 2. The minimum absolute atomic E-state index is 0.0259. The Morgan fingerprint density at radius 1 is 1.69 bits per heavy atom. The second-order valence-corrected chi connectivity index (χ2v) is 3.86. The number of pyridine rings is 1. The zero-order valence-electron chi connectivity index (χ0n) is 9.45. The van der Waals surface area contributed by atoms with Crippen LogP contribution in [0.4, 0.5) is 0 Å². The fourth-order valence-corrected chi connectivity index (χ4v) is 1.47. The molecule has 1 aromatic rings. The number of aromatic nitrogens is 1. The highest BCUT2D eigenvalue weighted by atomic mass is 32.1. The molecule has 0 aliphatic heterocycles. The van der Waals surface area contributed by atoms with Crippen LogP contribution in [-0.2, 0) is 4.74 Å². The van der Waals surface area contributed by atoms with Gasteiger partial charge in [-0.1, -0.05) is 12.2 Å². The van der Waals surface area contributed by atoms with Crippen LogP contribution >= 0.6 is 12.2 Å². The van der Waals surface area contributed by atoms with E-state index in [1.54, 1.807) is 18.3 Å². The third-order valence-electron chi connectivity index (χ3n) is 2.01. The highest BCUT2D eigenvalue weighted by Crippen LogP contribution is 2.00. The number of hydrogen-bond acceptors (Lipinski definition) is 3. The Labute approximate surface area is 100 Å². The lowest BCUT2D eigenvalue weighted by Gasteiger charge is -2.13. The van der Waals surface area contributed by atoms with Crippen LogP contribution in [0.3, 0.4) is 0 Å². The molecule has 0 radical (unpaired) electrons. The minimum atomic E-state index is -0.172.